The van der Waals surface area contributed by atoms with Crippen LogP contribution in [0.1, 0.15) is 239 Å². The predicted molar refractivity (Wildman–Crippen MR) is 201 cm³/mol. The van der Waals surface area contributed by atoms with Crippen molar-refractivity contribution < 1.29 is 24.2 Å². The zero-order valence-electron chi connectivity index (χ0n) is 31.8. The molecule has 0 aliphatic carbocycles. The summed E-state index contributed by atoms with van der Waals surface area (Å²) in [4.78, 5) is 24.2. The van der Waals surface area contributed by atoms with Crippen molar-refractivity contribution in [1.29, 1.82) is 0 Å². The van der Waals surface area contributed by atoms with Crippen LogP contribution < -0.4 is 0 Å². The molecule has 0 rings (SSSR count). The molecule has 0 aliphatic rings. The van der Waals surface area contributed by atoms with Crippen molar-refractivity contribution in [3.63, 3.8) is 0 Å². The first-order valence-corrected chi connectivity index (χ1v) is 21.1. The first kappa shape index (κ1) is 45.9. The Morgan fingerprint density at radius 3 is 0.936 bits per heavy atom. The molecule has 5 heteroatoms. The Labute approximate surface area is 293 Å². The molecular weight excluding hydrogens is 584 g/mol. The van der Waals surface area contributed by atoms with Gasteiger partial charge in [-0.3, -0.25) is 9.59 Å². The van der Waals surface area contributed by atoms with Crippen molar-refractivity contribution in [1.82, 2.24) is 0 Å². The maximum atomic E-state index is 12.2. The second-order valence-electron chi connectivity index (χ2n) is 14.4. The molecule has 0 aromatic carbocycles. The van der Waals surface area contributed by atoms with Crippen molar-refractivity contribution in [2.75, 3.05) is 13.2 Å². The van der Waals surface area contributed by atoms with E-state index in [0.29, 0.717) is 12.8 Å². The van der Waals surface area contributed by atoms with Crippen LogP contribution in [0, 0.1) is 0 Å². The standard InChI is InChI=1S/C42H82O5/c1-3-5-7-9-11-13-15-17-18-19-20-21-22-23-24-25-27-29-31-33-35-37-42(45)47-40(38-43)39-46-41(44)36-34-32-30-28-26-16-14-12-10-8-6-4-2/h40,43H,3-39H2,1-2H3. The molecule has 0 amide bonds. The highest BCUT2D eigenvalue weighted by Crippen LogP contribution is 2.16. The lowest BCUT2D eigenvalue weighted by atomic mass is 10.0. The van der Waals surface area contributed by atoms with E-state index in [1.165, 1.54) is 180 Å². The van der Waals surface area contributed by atoms with Gasteiger partial charge < -0.3 is 14.6 Å². The van der Waals surface area contributed by atoms with Crippen LogP contribution >= 0.6 is 0 Å². The monoisotopic (exact) mass is 667 g/mol. The lowest BCUT2D eigenvalue weighted by molar-refractivity contribution is -0.161. The van der Waals surface area contributed by atoms with Gasteiger partial charge in [-0.1, -0.05) is 213 Å². The average Bonchev–Trinajstić information content (AvgIpc) is 3.07. The number of carbonyl (C=O) groups is 2. The predicted octanol–water partition coefficient (Wildman–Crippen LogP) is 13.1. The molecule has 0 aromatic heterocycles. The highest BCUT2D eigenvalue weighted by molar-refractivity contribution is 5.70. The summed E-state index contributed by atoms with van der Waals surface area (Å²) >= 11 is 0. The summed E-state index contributed by atoms with van der Waals surface area (Å²) in [6.07, 6.45) is 43.2. The summed E-state index contributed by atoms with van der Waals surface area (Å²) in [5, 5.41) is 9.55. The fourth-order valence-corrected chi connectivity index (χ4v) is 6.44. The number of hydrogen-bond acceptors (Lipinski definition) is 5. The Kier molecular flexibility index (Phi) is 38.4. The largest absolute Gasteiger partial charge is 0.462 e. The molecule has 47 heavy (non-hydrogen) atoms. The average molecular weight is 667 g/mol. The molecule has 0 radical (unpaired) electrons. The van der Waals surface area contributed by atoms with Gasteiger partial charge in [0.05, 0.1) is 6.61 Å². The van der Waals surface area contributed by atoms with Crippen LogP contribution in [-0.2, 0) is 19.1 Å². The number of aliphatic hydroxyl groups is 1. The van der Waals surface area contributed by atoms with E-state index in [2.05, 4.69) is 13.8 Å². The Hall–Kier alpha value is -1.10. The number of aliphatic hydroxyl groups excluding tert-OH is 1. The maximum absolute atomic E-state index is 12.2. The van der Waals surface area contributed by atoms with Gasteiger partial charge in [0, 0.05) is 12.8 Å². The summed E-state index contributed by atoms with van der Waals surface area (Å²) in [5.74, 6) is -0.574. The van der Waals surface area contributed by atoms with Gasteiger partial charge in [-0.05, 0) is 12.8 Å². The van der Waals surface area contributed by atoms with Crippen molar-refractivity contribution in [2.45, 2.75) is 245 Å². The summed E-state index contributed by atoms with van der Waals surface area (Å²) in [7, 11) is 0. The highest BCUT2D eigenvalue weighted by atomic mass is 16.6. The molecule has 1 atom stereocenters. The van der Waals surface area contributed by atoms with E-state index in [1.54, 1.807) is 0 Å². The van der Waals surface area contributed by atoms with E-state index in [9.17, 15) is 14.7 Å². The van der Waals surface area contributed by atoms with E-state index in [1.807, 2.05) is 0 Å². The maximum Gasteiger partial charge on any atom is 0.306 e. The third-order valence-corrected chi connectivity index (χ3v) is 9.65. The number of unbranched alkanes of at least 4 members (excludes halogenated alkanes) is 31. The van der Waals surface area contributed by atoms with E-state index in [-0.39, 0.29) is 25.2 Å². The molecule has 5 nitrogen and oxygen atoms in total. The van der Waals surface area contributed by atoms with Gasteiger partial charge in [0.1, 0.15) is 6.61 Å². The van der Waals surface area contributed by atoms with Gasteiger partial charge in [-0.15, -0.1) is 0 Å². The Bertz CT molecular complexity index is 637. The molecule has 0 saturated heterocycles. The number of rotatable bonds is 39. The third-order valence-electron chi connectivity index (χ3n) is 9.65. The zero-order valence-corrected chi connectivity index (χ0v) is 31.8. The first-order chi connectivity index (χ1) is 23.1. The summed E-state index contributed by atoms with van der Waals surface area (Å²) < 4.78 is 10.6. The van der Waals surface area contributed by atoms with Gasteiger partial charge >= 0.3 is 11.9 Å². The van der Waals surface area contributed by atoms with Crippen molar-refractivity contribution in [3.05, 3.63) is 0 Å². The van der Waals surface area contributed by atoms with Crippen molar-refractivity contribution in [3.8, 4) is 0 Å². The minimum Gasteiger partial charge on any atom is -0.462 e. The zero-order chi connectivity index (χ0) is 34.3. The summed E-state index contributed by atoms with van der Waals surface area (Å²) in [5.41, 5.74) is 0. The third kappa shape index (κ3) is 37.6. The van der Waals surface area contributed by atoms with Gasteiger partial charge in [0.15, 0.2) is 6.10 Å². The fourth-order valence-electron chi connectivity index (χ4n) is 6.44. The number of hydrogen-bond donors (Lipinski definition) is 1. The van der Waals surface area contributed by atoms with Crippen LogP contribution in [0.3, 0.4) is 0 Å². The van der Waals surface area contributed by atoms with Crippen LogP contribution in [0.5, 0.6) is 0 Å². The summed E-state index contributed by atoms with van der Waals surface area (Å²) in [6, 6.07) is 0. The topological polar surface area (TPSA) is 72.8 Å². The molecule has 0 spiro atoms. The SMILES string of the molecule is CCCCCCCCCCCCCCCCCCCCCCCC(=O)OC(CO)COC(=O)CCCCCCCCCCCCCC. The van der Waals surface area contributed by atoms with Crippen LogP contribution in [0.4, 0.5) is 0 Å². The van der Waals surface area contributed by atoms with Crippen LogP contribution in [0.15, 0.2) is 0 Å². The molecule has 1 N–H and O–H groups in total. The van der Waals surface area contributed by atoms with Crippen LogP contribution in [-0.4, -0.2) is 36.4 Å². The number of carbonyl (C=O) groups excluding carboxylic acids is 2. The van der Waals surface area contributed by atoms with Gasteiger partial charge in [-0.25, -0.2) is 0 Å². The Balaban J connectivity index is 3.45. The fraction of sp³-hybridized carbons (Fsp3) is 0.952. The van der Waals surface area contributed by atoms with E-state index >= 15 is 0 Å². The molecule has 0 heterocycles. The molecular formula is C42H82O5. The molecule has 1 unspecified atom stereocenters. The van der Waals surface area contributed by atoms with Crippen molar-refractivity contribution in [2.24, 2.45) is 0 Å². The Morgan fingerprint density at radius 2 is 0.660 bits per heavy atom. The quantitative estimate of drug-likeness (QED) is 0.0522. The second kappa shape index (κ2) is 39.3. The molecule has 0 aromatic rings. The van der Waals surface area contributed by atoms with Crippen molar-refractivity contribution >= 4 is 11.9 Å². The minimum absolute atomic E-state index is 0.0569. The van der Waals surface area contributed by atoms with Gasteiger partial charge in [0.25, 0.3) is 0 Å². The second-order valence-corrected chi connectivity index (χ2v) is 14.4. The minimum atomic E-state index is -0.761. The lowest BCUT2D eigenvalue weighted by Crippen LogP contribution is -2.28. The lowest BCUT2D eigenvalue weighted by Gasteiger charge is -2.15. The highest BCUT2D eigenvalue weighted by Gasteiger charge is 2.16. The first-order valence-electron chi connectivity index (χ1n) is 21.1. The smallest absolute Gasteiger partial charge is 0.306 e. The molecule has 0 aliphatic heterocycles. The van der Waals surface area contributed by atoms with Crippen LogP contribution in [0.25, 0.3) is 0 Å². The van der Waals surface area contributed by atoms with E-state index in [4.69, 9.17) is 9.47 Å². The van der Waals surface area contributed by atoms with Gasteiger partial charge in [-0.2, -0.15) is 0 Å². The number of ether oxygens (including phenoxy) is 2. The van der Waals surface area contributed by atoms with E-state index < -0.39 is 6.10 Å². The normalized spacial score (nSPS) is 12.0. The van der Waals surface area contributed by atoms with E-state index in [0.717, 1.165) is 32.1 Å². The number of esters is 2. The molecule has 0 fully saturated rings. The molecule has 0 saturated carbocycles. The van der Waals surface area contributed by atoms with Crippen LogP contribution in [0.2, 0.25) is 0 Å². The summed E-state index contributed by atoms with van der Waals surface area (Å²) in [6.45, 7) is 4.16. The van der Waals surface area contributed by atoms with Gasteiger partial charge in [0.2, 0.25) is 0 Å². The molecule has 0 bridgehead atoms. The Morgan fingerprint density at radius 1 is 0.404 bits per heavy atom. The molecule has 280 valence electrons.